The molecule has 0 saturated carbocycles. The molecule has 102 valence electrons. The van der Waals surface area contributed by atoms with E-state index >= 15 is 0 Å². The molecule has 1 heterocycles. The van der Waals surface area contributed by atoms with Crippen LogP contribution >= 0.6 is 15.9 Å². The van der Waals surface area contributed by atoms with Gasteiger partial charge >= 0.3 is 0 Å². The Balaban J connectivity index is 2.26. The van der Waals surface area contributed by atoms with Gasteiger partial charge in [-0.25, -0.2) is 4.39 Å². The van der Waals surface area contributed by atoms with Crippen LogP contribution in [0.2, 0.25) is 0 Å². The van der Waals surface area contributed by atoms with Gasteiger partial charge in [0.1, 0.15) is 5.82 Å². The van der Waals surface area contributed by atoms with Gasteiger partial charge in [0.15, 0.2) is 0 Å². The highest BCUT2D eigenvalue weighted by atomic mass is 79.9. The van der Waals surface area contributed by atoms with Gasteiger partial charge in [0, 0.05) is 23.3 Å². The minimum atomic E-state index is -0.259. The van der Waals surface area contributed by atoms with E-state index in [1.165, 1.54) is 12.1 Å². The first-order chi connectivity index (χ1) is 9.01. The van der Waals surface area contributed by atoms with Gasteiger partial charge < -0.3 is 0 Å². The molecule has 1 atom stereocenters. The predicted molar refractivity (Wildman–Crippen MR) is 75.8 cm³/mol. The molecule has 2 aromatic rings. The number of benzene rings is 1. The highest BCUT2D eigenvalue weighted by Gasteiger charge is 2.17. The SMILES string of the molecule is Cc1nn(C)cc1C(Cc1ccc(F)cc1Br)NN. The van der Waals surface area contributed by atoms with E-state index in [0.717, 1.165) is 21.3 Å². The number of hydrazine groups is 1. The molecule has 0 radical (unpaired) electrons. The molecule has 0 bridgehead atoms. The Morgan fingerprint density at radius 3 is 2.79 bits per heavy atom. The van der Waals surface area contributed by atoms with Crippen molar-refractivity contribution >= 4 is 15.9 Å². The third kappa shape index (κ3) is 3.20. The lowest BCUT2D eigenvalue weighted by Gasteiger charge is -2.16. The number of nitrogens with one attached hydrogen (secondary N) is 1. The number of halogens is 2. The summed E-state index contributed by atoms with van der Waals surface area (Å²) in [5.41, 5.74) is 5.76. The second-order valence-electron chi connectivity index (χ2n) is 4.50. The van der Waals surface area contributed by atoms with Crippen molar-refractivity contribution in [3.63, 3.8) is 0 Å². The molecule has 0 aliphatic heterocycles. The fourth-order valence-corrected chi connectivity index (χ4v) is 2.64. The molecule has 1 aromatic heterocycles. The normalized spacial score (nSPS) is 12.7. The molecule has 1 aromatic carbocycles. The molecule has 4 nitrogen and oxygen atoms in total. The van der Waals surface area contributed by atoms with Gasteiger partial charge in [0.25, 0.3) is 0 Å². The van der Waals surface area contributed by atoms with Crippen LogP contribution in [0.5, 0.6) is 0 Å². The number of rotatable bonds is 4. The molecule has 0 saturated heterocycles. The zero-order chi connectivity index (χ0) is 14.0. The van der Waals surface area contributed by atoms with Crippen molar-refractivity contribution in [1.82, 2.24) is 15.2 Å². The van der Waals surface area contributed by atoms with Crippen molar-refractivity contribution < 1.29 is 4.39 Å². The van der Waals surface area contributed by atoms with Crippen LogP contribution in [-0.2, 0) is 13.5 Å². The Hall–Kier alpha value is -1.24. The summed E-state index contributed by atoms with van der Waals surface area (Å²) in [5, 5.41) is 4.31. The zero-order valence-electron chi connectivity index (χ0n) is 10.8. The highest BCUT2D eigenvalue weighted by molar-refractivity contribution is 9.10. The first-order valence-corrected chi connectivity index (χ1v) is 6.70. The molecule has 6 heteroatoms. The van der Waals surface area contributed by atoms with Gasteiger partial charge in [-0.3, -0.25) is 16.0 Å². The summed E-state index contributed by atoms with van der Waals surface area (Å²) < 4.78 is 15.6. The summed E-state index contributed by atoms with van der Waals surface area (Å²) in [5.74, 6) is 5.38. The van der Waals surface area contributed by atoms with E-state index in [0.29, 0.717) is 6.42 Å². The Bertz CT molecular complexity index is 582. The standard InChI is InChI=1S/C13H16BrFN4/c1-8-11(7-19(2)18-8)13(17-16)5-9-3-4-10(15)6-12(9)14/h3-4,6-7,13,17H,5,16H2,1-2H3. The average molecular weight is 327 g/mol. The van der Waals surface area contributed by atoms with Crippen LogP contribution in [0.25, 0.3) is 0 Å². The number of aromatic nitrogens is 2. The molecular weight excluding hydrogens is 311 g/mol. The fraction of sp³-hybridized carbons (Fsp3) is 0.308. The van der Waals surface area contributed by atoms with Crippen LogP contribution in [0, 0.1) is 12.7 Å². The molecule has 2 rings (SSSR count). The number of nitrogens with two attached hydrogens (primary N) is 1. The lowest BCUT2D eigenvalue weighted by molar-refractivity contribution is 0.547. The van der Waals surface area contributed by atoms with E-state index in [1.807, 2.05) is 20.2 Å². The molecule has 1 unspecified atom stereocenters. The molecule has 3 N–H and O–H groups in total. The van der Waals surface area contributed by atoms with E-state index < -0.39 is 0 Å². The summed E-state index contributed by atoms with van der Waals surface area (Å²) in [7, 11) is 1.87. The first-order valence-electron chi connectivity index (χ1n) is 5.91. The summed E-state index contributed by atoms with van der Waals surface area (Å²) in [6, 6.07) is 4.61. The zero-order valence-corrected chi connectivity index (χ0v) is 12.4. The quantitative estimate of drug-likeness (QED) is 0.670. The summed E-state index contributed by atoms with van der Waals surface area (Å²) >= 11 is 3.37. The number of nitrogens with zero attached hydrogens (tertiary/aromatic N) is 2. The van der Waals surface area contributed by atoms with Crippen LogP contribution in [0.4, 0.5) is 4.39 Å². The van der Waals surface area contributed by atoms with Gasteiger partial charge in [0.2, 0.25) is 0 Å². The second kappa shape index (κ2) is 5.81. The fourth-order valence-electron chi connectivity index (χ4n) is 2.13. The van der Waals surface area contributed by atoms with Crippen LogP contribution in [0.1, 0.15) is 22.9 Å². The van der Waals surface area contributed by atoms with Crippen molar-refractivity contribution in [2.24, 2.45) is 12.9 Å². The first kappa shape index (κ1) is 14.2. The van der Waals surface area contributed by atoms with E-state index in [2.05, 4.69) is 26.5 Å². The average Bonchev–Trinajstić information content (AvgIpc) is 2.68. The third-order valence-electron chi connectivity index (χ3n) is 3.07. The van der Waals surface area contributed by atoms with Crippen molar-refractivity contribution in [2.75, 3.05) is 0 Å². The number of hydrogen-bond donors (Lipinski definition) is 2. The number of hydrogen-bond acceptors (Lipinski definition) is 3. The van der Waals surface area contributed by atoms with Crippen molar-refractivity contribution in [3.8, 4) is 0 Å². The van der Waals surface area contributed by atoms with Crippen molar-refractivity contribution in [1.29, 1.82) is 0 Å². The summed E-state index contributed by atoms with van der Waals surface area (Å²) in [6.45, 7) is 1.94. The van der Waals surface area contributed by atoms with Gasteiger partial charge in [-0.2, -0.15) is 5.10 Å². The predicted octanol–water partition coefficient (Wildman–Crippen LogP) is 2.38. The van der Waals surface area contributed by atoms with E-state index in [9.17, 15) is 4.39 Å². The minimum Gasteiger partial charge on any atom is -0.275 e. The van der Waals surface area contributed by atoms with Gasteiger partial charge in [-0.05, 0) is 31.0 Å². The van der Waals surface area contributed by atoms with Crippen LogP contribution < -0.4 is 11.3 Å². The number of aryl methyl sites for hydroxylation is 2. The maximum absolute atomic E-state index is 13.1. The van der Waals surface area contributed by atoms with E-state index in [4.69, 9.17) is 5.84 Å². The monoisotopic (exact) mass is 326 g/mol. The van der Waals surface area contributed by atoms with E-state index in [1.54, 1.807) is 10.7 Å². The van der Waals surface area contributed by atoms with Crippen molar-refractivity contribution in [3.05, 3.63) is 51.5 Å². The van der Waals surface area contributed by atoms with Gasteiger partial charge in [0.05, 0.1) is 11.7 Å². The lowest BCUT2D eigenvalue weighted by atomic mass is 10.00. The highest BCUT2D eigenvalue weighted by Crippen LogP contribution is 2.25. The second-order valence-corrected chi connectivity index (χ2v) is 5.36. The Morgan fingerprint density at radius 2 is 2.26 bits per heavy atom. The maximum atomic E-state index is 13.1. The van der Waals surface area contributed by atoms with Crippen LogP contribution in [-0.4, -0.2) is 9.78 Å². The molecule has 0 aliphatic rings. The third-order valence-corrected chi connectivity index (χ3v) is 3.81. The summed E-state index contributed by atoms with van der Waals surface area (Å²) in [4.78, 5) is 0. The molecule has 19 heavy (non-hydrogen) atoms. The molecular formula is C13H16BrFN4. The molecule has 0 fully saturated rings. The van der Waals surface area contributed by atoms with Crippen molar-refractivity contribution in [2.45, 2.75) is 19.4 Å². The van der Waals surface area contributed by atoms with Gasteiger partial charge in [-0.15, -0.1) is 0 Å². The topological polar surface area (TPSA) is 55.9 Å². The van der Waals surface area contributed by atoms with Crippen LogP contribution in [0.3, 0.4) is 0 Å². The smallest absolute Gasteiger partial charge is 0.124 e. The minimum absolute atomic E-state index is 0.0598. The van der Waals surface area contributed by atoms with Crippen LogP contribution in [0.15, 0.2) is 28.9 Å². The molecule has 0 aliphatic carbocycles. The largest absolute Gasteiger partial charge is 0.275 e. The van der Waals surface area contributed by atoms with Gasteiger partial charge in [-0.1, -0.05) is 22.0 Å². The molecule has 0 amide bonds. The molecule has 0 spiro atoms. The summed E-state index contributed by atoms with van der Waals surface area (Å²) in [6.07, 6.45) is 2.60. The Morgan fingerprint density at radius 1 is 1.53 bits per heavy atom. The lowest BCUT2D eigenvalue weighted by Crippen LogP contribution is -2.30. The maximum Gasteiger partial charge on any atom is 0.124 e. The Labute approximate surface area is 119 Å². The van der Waals surface area contributed by atoms with E-state index in [-0.39, 0.29) is 11.9 Å². The Kier molecular flexibility index (Phi) is 4.34.